The van der Waals surface area contributed by atoms with Crippen molar-refractivity contribution in [3.8, 4) is 0 Å². The second-order valence-corrected chi connectivity index (χ2v) is 6.28. The number of hydrogen-bond donors (Lipinski definition) is 1. The largest absolute Gasteiger partial charge is 0.456 e. The van der Waals surface area contributed by atoms with E-state index < -0.39 is 0 Å². The molecule has 3 heterocycles. The van der Waals surface area contributed by atoms with Gasteiger partial charge in [0.05, 0.1) is 12.2 Å². The number of hydrogen-bond acceptors (Lipinski definition) is 5. The molecule has 2 aromatic rings. The molecule has 0 bridgehead atoms. The van der Waals surface area contributed by atoms with Crippen molar-refractivity contribution in [1.29, 1.82) is 0 Å². The van der Waals surface area contributed by atoms with E-state index in [-0.39, 0.29) is 18.1 Å². The quantitative estimate of drug-likeness (QED) is 0.933. The van der Waals surface area contributed by atoms with Crippen molar-refractivity contribution >= 4 is 11.7 Å². The summed E-state index contributed by atoms with van der Waals surface area (Å²) in [5.41, 5.74) is 0.949. The molecule has 0 aromatic carbocycles. The van der Waals surface area contributed by atoms with Crippen LogP contribution in [-0.4, -0.2) is 36.2 Å². The number of morpholine rings is 1. The molecule has 1 N–H and O–H groups in total. The maximum Gasteiger partial charge on any atom is 0.287 e. The molecule has 2 aromatic heterocycles. The topological polar surface area (TPSA) is 67.6 Å². The molecule has 0 aliphatic carbocycles. The van der Waals surface area contributed by atoms with Crippen LogP contribution in [0.25, 0.3) is 0 Å². The van der Waals surface area contributed by atoms with Gasteiger partial charge in [0.2, 0.25) is 0 Å². The van der Waals surface area contributed by atoms with Gasteiger partial charge in [-0.25, -0.2) is 4.98 Å². The van der Waals surface area contributed by atoms with Crippen molar-refractivity contribution in [2.75, 3.05) is 18.0 Å². The molecule has 1 fully saturated rings. The van der Waals surface area contributed by atoms with Gasteiger partial charge in [-0.1, -0.05) is 6.07 Å². The van der Waals surface area contributed by atoms with Crippen molar-refractivity contribution in [3.63, 3.8) is 0 Å². The van der Waals surface area contributed by atoms with Gasteiger partial charge in [-0.15, -0.1) is 0 Å². The molecule has 0 spiro atoms. The van der Waals surface area contributed by atoms with Crippen LogP contribution in [0.1, 0.15) is 35.7 Å². The van der Waals surface area contributed by atoms with Gasteiger partial charge < -0.3 is 19.4 Å². The Bertz CT molecular complexity index is 686. The summed E-state index contributed by atoms with van der Waals surface area (Å²) in [6.07, 6.45) is 2.20. The fourth-order valence-corrected chi connectivity index (χ4v) is 2.90. The minimum atomic E-state index is -0.219. The number of carbonyl (C=O) groups is 1. The Balaban J connectivity index is 1.57. The van der Waals surface area contributed by atoms with Crippen LogP contribution in [0.2, 0.25) is 0 Å². The summed E-state index contributed by atoms with van der Waals surface area (Å²) >= 11 is 0. The van der Waals surface area contributed by atoms with E-state index in [0.717, 1.165) is 30.2 Å². The number of rotatable bonds is 4. The van der Waals surface area contributed by atoms with Gasteiger partial charge in [0.25, 0.3) is 5.91 Å². The molecular formula is C18H23N3O3. The lowest BCUT2D eigenvalue weighted by Gasteiger charge is -2.36. The molecule has 1 aliphatic rings. The van der Waals surface area contributed by atoms with Crippen molar-refractivity contribution in [2.24, 2.45) is 0 Å². The standard InChI is InChI=1S/C18H23N3O3/c1-12-4-6-16(24-12)18(22)20-9-15-5-7-17(19-8-15)21-10-13(2)23-14(3)11-21/h4-8,13-14H,9-11H2,1-3H3,(H,20,22)/t13-,14-/m1/s1. The highest BCUT2D eigenvalue weighted by atomic mass is 16.5. The van der Waals surface area contributed by atoms with Crippen molar-refractivity contribution in [2.45, 2.75) is 39.5 Å². The summed E-state index contributed by atoms with van der Waals surface area (Å²) in [7, 11) is 0. The minimum Gasteiger partial charge on any atom is -0.456 e. The monoisotopic (exact) mass is 329 g/mol. The molecule has 1 aliphatic heterocycles. The average molecular weight is 329 g/mol. The van der Waals surface area contributed by atoms with Crippen LogP contribution in [0.3, 0.4) is 0 Å². The first-order chi connectivity index (χ1) is 11.5. The summed E-state index contributed by atoms with van der Waals surface area (Å²) in [6.45, 7) is 8.05. The molecule has 3 rings (SSSR count). The number of carbonyl (C=O) groups excluding carboxylic acids is 1. The van der Waals surface area contributed by atoms with Gasteiger partial charge in [0.1, 0.15) is 11.6 Å². The highest BCUT2D eigenvalue weighted by Crippen LogP contribution is 2.18. The number of furan rings is 1. The Labute approximate surface area is 141 Å². The minimum absolute atomic E-state index is 0.200. The molecule has 24 heavy (non-hydrogen) atoms. The van der Waals surface area contributed by atoms with Crippen molar-refractivity contribution in [1.82, 2.24) is 10.3 Å². The van der Waals surface area contributed by atoms with Crippen LogP contribution < -0.4 is 10.2 Å². The molecule has 2 atom stereocenters. The zero-order chi connectivity index (χ0) is 17.1. The molecule has 6 nitrogen and oxygen atoms in total. The number of nitrogens with zero attached hydrogens (tertiary/aromatic N) is 2. The number of amides is 1. The SMILES string of the molecule is Cc1ccc(C(=O)NCc2ccc(N3C[C@@H](C)O[C@H](C)C3)nc2)o1. The van der Waals surface area contributed by atoms with E-state index in [2.05, 4.69) is 29.0 Å². The number of pyridine rings is 1. The van der Waals surface area contributed by atoms with Crippen LogP contribution in [0.4, 0.5) is 5.82 Å². The summed E-state index contributed by atoms with van der Waals surface area (Å²) in [5.74, 6) is 1.77. The second-order valence-electron chi connectivity index (χ2n) is 6.28. The number of aromatic nitrogens is 1. The smallest absolute Gasteiger partial charge is 0.287 e. The normalized spacial score (nSPS) is 20.9. The molecule has 1 amide bonds. The Hall–Kier alpha value is -2.34. The first kappa shape index (κ1) is 16.5. The van der Waals surface area contributed by atoms with Crippen molar-refractivity contribution in [3.05, 3.63) is 47.5 Å². The van der Waals surface area contributed by atoms with Gasteiger partial charge >= 0.3 is 0 Å². The van der Waals surface area contributed by atoms with E-state index in [0.29, 0.717) is 12.3 Å². The highest BCUT2D eigenvalue weighted by Gasteiger charge is 2.23. The van der Waals surface area contributed by atoms with E-state index in [4.69, 9.17) is 9.15 Å². The number of ether oxygens (including phenoxy) is 1. The summed E-state index contributed by atoms with van der Waals surface area (Å²) in [5, 5.41) is 2.84. The van der Waals surface area contributed by atoms with Gasteiger partial charge in [-0.2, -0.15) is 0 Å². The van der Waals surface area contributed by atoms with E-state index in [1.54, 1.807) is 18.3 Å². The van der Waals surface area contributed by atoms with Gasteiger partial charge in [0.15, 0.2) is 5.76 Å². The first-order valence-electron chi connectivity index (χ1n) is 8.21. The zero-order valence-electron chi connectivity index (χ0n) is 14.3. The summed E-state index contributed by atoms with van der Waals surface area (Å²) in [4.78, 5) is 18.7. The Morgan fingerprint density at radius 2 is 2.00 bits per heavy atom. The van der Waals surface area contributed by atoms with Crippen LogP contribution in [0.5, 0.6) is 0 Å². The first-order valence-corrected chi connectivity index (χ1v) is 8.21. The van der Waals surface area contributed by atoms with Crippen LogP contribution >= 0.6 is 0 Å². The second kappa shape index (κ2) is 7.05. The Morgan fingerprint density at radius 1 is 1.25 bits per heavy atom. The van der Waals surface area contributed by atoms with Crippen molar-refractivity contribution < 1.29 is 13.9 Å². The van der Waals surface area contributed by atoms with Gasteiger partial charge in [-0.05, 0) is 44.5 Å². The number of anilines is 1. The Morgan fingerprint density at radius 3 is 2.58 bits per heavy atom. The highest BCUT2D eigenvalue weighted by molar-refractivity contribution is 5.91. The Kier molecular flexibility index (Phi) is 4.85. The van der Waals surface area contributed by atoms with Crippen LogP contribution in [-0.2, 0) is 11.3 Å². The van der Waals surface area contributed by atoms with Gasteiger partial charge in [-0.3, -0.25) is 4.79 Å². The lowest BCUT2D eigenvalue weighted by Crippen LogP contribution is -2.45. The lowest BCUT2D eigenvalue weighted by atomic mass is 10.2. The summed E-state index contributed by atoms with van der Waals surface area (Å²) < 4.78 is 11.1. The van der Waals surface area contributed by atoms with E-state index in [1.165, 1.54) is 0 Å². The lowest BCUT2D eigenvalue weighted by molar-refractivity contribution is -0.00546. The van der Waals surface area contributed by atoms with E-state index in [1.807, 2.05) is 19.1 Å². The molecule has 0 saturated carbocycles. The average Bonchev–Trinajstić information content (AvgIpc) is 2.99. The predicted octanol–water partition coefficient (Wildman–Crippen LogP) is 2.53. The number of nitrogens with one attached hydrogen (secondary N) is 1. The fraction of sp³-hybridized carbons (Fsp3) is 0.444. The van der Waals surface area contributed by atoms with Gasteiger partial charge in [0, 0.05) is 25.8 Å². The summed E-state index contributed by atoms with van der Waals surface area (Å²) in [6, 6.07) is 7.42. The third kappa shape index (κ3) is 3.94. The zero-order valence-corrected chi connectivity index (χ0v) is 14.3. The van der Waals surface area contributed by atoms with E-state index >= 15 is 0 Å². The number of aryl methyl sites for hydroxylation is 1. The van der Waals surface area contributed by atoms with E-state index in [9.17, 15) is 4.79 Å². The maximum atomic E-state index is 12.0. The fourth-order valence-electron chi connectivity index (χ4n) is 2.90. The molecule has 0 unspecified atom stereocenters. The molecule has 1 saturated heterocycles. The third-order valence-electron chi connectivity index (χ3n) is 3.97. The van der Waals surface area contributed by atoms with Crippen LogP contribution in [0, 0.1) is 6.92 Å². The maximum absolute atomic E-state index is 12.0. The third-order valence-corrected chi connectivity index (χ3v) is 3.97. The van der Waals surface area contributed by atoms with Crippen LogP contribution in [0.15, 0.2) is 34.9 Å². The molecule has 6 heteroatoms. The molecule has 128 valence electrons. The predicted molar refractivity (Wildman–Crippen MR) is 91.1 cm³/mol. The molecule has 0 radical (unpaired) electrons. The molecular weight excluding hydrogens is 306 g/mol.